The van der Waals surface area contributed by atoms with E-state index >= 15 is 0 Å². The van der Waals surface area contributed by atoms with Gasteiger partial charge < -0.3 is 0 Å². The van der Waals surface area contributed by atoms with Crippen molar-refractivity contribution in [2.24, 2.45) is 5.10 Å². The molecule has 0 aliphatic heterocycles. The minimum Gasteiger partial charge on any atom is -0.200 e. The molecule has 0 heterocycles. The molecule has 5 heteroatoms. The van der Waals surface area contributed by atoms with E-state index in [1.807, 2.05) is 42.5 Å². The van der Waals surface area contributed by atoms with Gasteiger partial charge in [-0.05, 0) is 35.6 Å². The Morgan fingerprint density at radius 1 is 0.957 bits per heavy atom. The Kier molecular flexibility index (Phi) is 4.90. The molecular weight excluding hydrogens is 308 g/mol. The van der Waals surface area contributed by atoms with Crippen LogP contribution in [-0.2, 0) is 15.4 Å². The van der Waals surface area contributed by atoms with Crippen molar-refractivity contribution in [3.8, 4) is 0 Å². The van der Waals surface area contributed by atoms with Crippen molar-refractivity contribution in [2.45, 2.75) is 38.0 Å². The molecule has 122 valence electrons. The van der Waals surface area contributed by atoms with E-state index in [4.69, 9.17) is 0 Å². The van der Waals surface area contributed by atoms with Crippen molar-refractivity contribution in [1.29, 1.82) is 0 Å². The molecule has 0 saturated carbocycles. The average molecular weight is 330 g/mol. The predicted molar refractivity (Wildman–Crippen MR) is 94.1 cm³/mol. The lowest BCUT2D eigenvalue weighted by molar-refractivity contribution is 0.580. The number of nitrogens with one attached hydrogen (secondary N) is 1. The van der Waals surface area contributed by atoms with E-state index in [2.05, 4.69) is 30.7 Å². The number of hydrazone groups is 1. The molecule has 0 aliphatic carbocycles. The Labute approximate surface area is 138 Å². The van der Waals surface area contributed by atoms with Gasteiger partial charge in [-0.2, -0.15) is 18.4 Å². The molecule has 0 bridgehead atoms. The first-order valence-electron chi connectivity index (χ1n) is 7.42. The van der Waals surface area contributed by atoms with E-state index < -0.39 is 10.0 Å². The highest BCUT2D eigenvalue weighted by molar-refractivity contribution is 7.89. The van der Waals surface area contributed by atoms with Crippen molar-refractivity contribution in [1.82, 2.24) is 4.83 Å². The molecule has 2 rings (SSSR count). The van der Waals surface area contributed by atoms with Gasteiger partial charge in [0.2, 0.25) is 0 Å². The van der Waals surface area contributed by atoms with Gasteiger partial charge in [-0.15, -0.1) is 0 Å². The molecule has 0 radical (unpaired) electrons. The fraction of sp³-hybridized carbons (Fsp3) is 0.278. The van der Waals surface area contributed by atoms with Gasteiger partial charge in [-0.3, -0.25) is 0 Å². The van der Waals surface area contributed by atoms with E-state index in [1.165, 1.54) is 0 Å². The van der Waals surface area contributed by atoms with Gasteiger partial charge in [0.25, 0.3) is 10.0 Å². The van der Waals surface area contributed by atoms with Crippen LogP contribution >= 0.6 is 0 Å². The topological polar surface area (TPSA) is 58.5 Å². The Hall–Kier alpha value is -2.14. The molecule has 1 N–H and O–H groups in total. The van der Waals surface area contributed by atoms with Gasteiger partial charge in [0.1, 0.15) is 0 Å². The quantitative estimate of drug-likeness (QED) is 0.686. The van der Waals surface area contributed by atoms with Crippen LogP contribution in [0.3, 0.4) is 0 Å². The van der Waals surface area contributed by atoms with Crippen LogP contribution in [0.2, 0.25) is 0 Å². The number of nitrogens with zero attached hydrogens (tertiary/aromatic N) is 1. The summed E-state index contributed by atoms with van der Waals surface area (Å²) < 4.78 is 24.6. The molecule has 0 saturated heterocycles. The summed E-state index contributed by atoms with van der Waals surface area (Å²) in [5.74, 6) is 0. The second-order valence-corrected chi connectivity index (χ2v) is 8.09. The van der Waals surface area contributed by atoms with Crippen LogP contribution in [0.15, 0.2) is 64.6 Å². The first-order valence-corrected chi connectivity index (χ1v) is 8.90. The zero-order valence-electron chi connectivity index (χ0n) is 13.9. The fourth-order valence-electron chi connectivity index (χ4n) is 2.06. The highest BCUT2D eigenvalue weighted by Crippen LogP contribution is 2.23. The molecule has 0 unspecified atom stereocenters. The number of hydrogen-bond donors (Lipinski definition) is 1. The average Bonchev–Trinajstić information content (AvgIpc) is 2.53. The third kappa shape index (κ3) is 4.42. The van der Waals surface area contributed by atoms with Crippen molar-refractivity contribution in [3.05, 3.63) is 65.7 Å². The van der Waals surface area contributed by atoms with E-state index in [1.54, 1.807) is 19.1 Å². The summed E-state index contributed by atoms with van der Waals surface area (Å²) >= 11 is 0. The highest BCUT2D eigenvalue weighted by Gasteiger charge is 2.17. The second kappa shape index (κ2) is 6.54. The van der Waals surface area contributed by atoms with Gasteiger partial charge in [-0.1, -0.05) is 63.2 Å². The number of hydrogen-bond acceptors (Lipinski definition) is 3. The number of rotatable bonds is 4. The molecule has 2 aromatic carbocycles. The van der Waals surface area contributed by atoms with Crippen LogP contribution in [0.5, 0.6) is 0 Å². The lowest BCUT2D eigenvalue weighted by atomic mass is 9.87. The van der Waals surface area contributed by atoms with Crippen molar-refractivity contribution < 1.29 is 8.42 Å². The van der Waals surface area contributed by atoms with Gasteiger partial charge in [0.15, 0.2) is 0 Å². The number of benzene rings is 2. The van der Waals surface area contributed by atoms with Crippen molar-refractivity contribution >= 4 is 15.7 Å². The van der Waals surface area contributed by atoms with E-state index in [-0.39, 0.29) is 10.3 Å². The van der Waals surface area contributed by atoms with Crippen LogP contribution in [0.4, 0.5) is 0 Å². The summed E-state index contributed by atoms with van der Waals surface area (Å²) in [7, 11) is -3.66. The molecule has 4 nitrogen and oxygen atoms in total. The third-order valence-electron chi connectivity index (χ3n) is 3.56. The summed E-state index contributed by atoms with van der Waals surface area (Å²) in [5.41, 5.74) is 2.55. The first-order chi connectivity index (χ1) is 10.7. The van der Waals surface area contributed by atoms with E-state index in [0.717, 1.165) is 11.1 Å². The Morgan fingerprint density at radius 2 is 1.52 bits per heavy atom. The van der Waals surface area contributed by atoms with Gasteiger partial charge in [0, 0.05) is 0 Å². The normalized spacial score (nSPS) is 13.0. The van der Waals surface area contributed by atoms with Crippen molar-refractivity contribution in [3.63, 3.8) is 0 Å². The lowest BCUT2D eigenvalue weighted by Gasteiger charge is -2.19. The molecule has 0 spiro atoms. The lowest BCUT2D eigenvalue weighted by Crippen LogP contribution is -2.20. The summed E-state index contributed by atoms with van der Waals surface area (Å²) in [5, 5.41) is 3.99. The largest absolute Gasteiger partial charge is 0.276 e. The maximum absolute atomic E-state index is 12.3. The SMILES string of the molecule is C/C(=N\NS(=O)(=O)c1ccc(C(C)(C)C)cc1)c1ccccc1. The molecule has 0 aliphatic rings. The van der Waals surface area contributed by atoms with Gasteiger partial charge >= 0.3 is 0 Å². The maximum atomic E-state index is 12.3. The van der Waals surface area contributed by atoms with E-state index in [9.17, 15) is 8.42 Å². The molecular formula is C18H22N2O2S. The van der Waals surface area contributed by atoms with Crippen LogP contribution in [0, 0.1) is 0 Å². The Morgan fingerprint density at radius 3 is 2.04 bits per heavy atom. The predicted octanol–water partition coefficient (Wildman–Crippen LogP) is 3.69. The zero-order valence-corrected chi connectivity index (χ0v) is 14.7. The standard InChI is InChI=1S/C18H22N2O2S/c1-14(15-8-6-5-7-9-15)19-20-23(21,22)17-12-10-16(11-13-17)18(2,3)4/h5-13,20H,1-4H3/b19-14+. The summed E-state index contributed by atoms with van der Waals surface area (Å²) in [6, 6.07) is 16.3. The molecule has 0 aromatic heterocycles. The second-order valence-electron chi connectivity index (χ2n) is 6.43. The first kappa shape index (κ1) is 17.2. The van der Waals surface area contributed by atoms with Gasteiger partial charge in [-0.25, -0.2) is 0 Å². The highest BCUT2D eigenvalue weighted by atomic mass is 32.2. The minimum absolute atomic E-state index is 0.0161. The summed E-state index contributed by atoms with van der Waals surface area (Å²) in [6.07, 6.45) is 0. The summed E-state index contributed by atoms with van der Waals surface area (Å²) in [6.45, 7) is 8.02. The van der Waals surface area contributed by atoms with Crippen LogP contribution in [0.1, 0.15) is 38.8 Å². The summed E-state index contributed by atoms with van der Waals surface area (Å²) in [4.78, 5) is 2.50. The smallest absolute Gasteiger partial charge is 0.200 e. The minimum atomic E-state index is -3.66. The Bertz CT molecular complexity index is 787. The van der Waals surface area contributed by atoms with Crippen LogP contribution < -0.4 is 4.83 Å². The zero-order chi connectivity index (χ0) is 17.1. The molecule has 23 heavy (non-hydrogen) atoms. The van der Waals surface area contributed by atoms with Gasteiger partial charge in [0.05, 0.1) is 10.6 Å². The number of sulfonamides is 1. The monoisotopic (exact) mass is 330 g/mol. The third-order valence-corrected chi connectivity index (χ3v) is 4.78. The maximum Gasteiger partial charge on any atom is 0.276 e. The molecule has 2 aromatic rings. The Balaban J connectivity index is 2.19. The molecule has 0 amide bonds. The van der Waals surface area contributed by atoms with Crippen LogP contribution in [0.25, 0.3) is 0 Å². The molecule has 0 atom stereocenters. The molecule has 0 fully saturated rings. The fourth-order valence-corrected chi connectivity index (χ4v) is 2.92. The van der Waals surface area contributed by atoms with Crippen LogP contribution in [-0.4, -0.2) is 14.1 Å². The van der Waals surface area contributed by atoms with Crippen molar-refractivity contribution in [2.75, 3.05) is 0 Å². The van der Waals surface area contributed by atoms with E-state index in [0.29, 0.717) is 5.71 Å².